The third kappa shape index (κ3) is 3.09. The van der Waals surface area contributed by atoms with Crippen molar-refractivity contribution in [3.8, 4) is 11.1 Å². The van der Waals surface area contributed by atoms with Gasteiger partial charge in [0, 0.05) is 18.5 Å². The summed E-state index contributed by atoms with van der Waals surface area (Å²) >= 11 is 0. The fourth-order valence-electron chi connectivity index (χ4n) is 2.11. The lowest BCUT2D eigenvalue weighted by molar-refractivity contribution is 0.510. The van der Waals surface area contributed by atoms with Gasteiger partial charge in [-0.05, 0) is 11.6 Å². The van der Waals surface area contributed by atoms with Gasteiger partial charge in [-0.3, -0.25) is 0 Å². The molecule has 0 atom stereocenters. The van der Waals surface area contributed by atoms with Crippen LogP contribution in [0.2, 0.25) is 0 Å². The van der Waals surface area contributed by atoms with Gasteiger partial charge in [-0.25, -0.2) is 0 Å². The van der Waals surface area contributed by atoms with Gasteiger partial charge in [-0.2, -0.15) is 0 Å². The van der Waals surface area contributed by atoms with Crippen LogP contribution in [0.5, 0.6) is 0 Å². The highest BCUT2D eigenvalue weighted by molar-refractivity contribution is 5.79. The highest BCUT2D eigenvalue weighted by atomic mass is 16.4. The minimum Gasteiger partial charge on any atom is -0.408 e. The number of anilines is 2. The van der Waals surface area contributed by atoms with E-state index in [1.54, 1.807) is 0 Å². The molecular weight excluding hydrogens is 264 g/mol. The molecule has 5 nitrogen and oxygen atoms in total. The number of nitrogens with two attached hydrogens (primary N) is 1. The number of rotatable bonds is 5. The Kier molecular flexibility index (Phi) is 3.93. The molecule has 21 heavy (non-hydrogen) atoms. The maximum absolute atomic E-state index is 5.51. The number of aromatic nitrogens is 2. The van der Waals surface area contributed by atoms with Crippen molar-refractivity contribution < 1.29 is 4.42 Å². The molecule has 5 heteroatoms. The molecule has 0 saturated heterocycles. The monoisotopic (exact) mass is 280 g/mol. The molecule has 3 aromatic rings. The highest BCUT2D eigenvalue weighted by Crippen LogP contribution is 2.29. The quantitative estimate of drug-likeness (QED) is 0.751. The zero-order valence-electron chi connectivity index (χ0n) is 11.5. The molecule has 3 N–H and O–H groups in total. The molecule has 0 aliphatic rings. The number of benzene rings is 2. The first-order valence-electron chi connectivity index (χ1n) is 6.81. The van der Waals surface area contributed by atoms with E-state index >= 15 is 0 Å². The second kappa shape index (κ2) is 6.19. The molecule has 0 aliphatic carbocycles. The van der Waals surface area contributed by atoms with Crippen molar-refractivity contribution in [2.24, 2.45) is 5.73 Å². The summed E-state index contributed by atoms with van der Waals surface area (Å²) in [6.45, 7) is 0.488. The fourth-order valence-corrected chi connectivity index (χ4v) is 2.11. The van der Waals surface area contributed by atoms with Crippen molar-refractivity contribution in [2.45, 2.75) is 6.42 Å². The van der Waals surface area contributed by atoms with Gasteiger partial charge in [0.25, 0.3) is 0 Å². The van der Waals surface area contributed by atoms with E-state index in [-0.39, 0.29) is 0 Å². The minimum absolute atomic E-state index is 0.377. The van der Waals surface area contributed by atoms with Crippen LogP contribution in [0.3, 0.4) is 0 Å². The van der Waals surface area contributed by atoms with Gasteiger partial charge in [0.1, 0.15) is 0 Å². The van der Waals surface area contributed by atoms with Gasteiger partial charge in [0.15, 0.2) is 0 Å². The SMILES string of the molecule is NCCc1nnc(Nc2ccccc2-c2ccccc2)o1. The van der Waals surface area contributed by atoms with Crippen molar-refractivity contribution in [3.05, 3.63) is 60.5 Å². The molecule has 106 valence electrons. The first kappa shape index (κ1) is 13.3. The van der Waals surface area contributed by atoms with Crippen LogP contribution in [0.15, 0.2) is 59.0 Å². The van der Waals surface area contributed by atoms with Crippen molar-refractivity contribution >= 4 is 11.7 Å². The van der Waals surface area contributed by atoms with E-state index in [4.69, 9.17) is 10.2 Å². The minimum atomic E-state index is 0.377. The van der Waals surface area contributed by atoms with Crippen LogP contribution in [0.1, 0.15) is 5.89 Å². The summed E-state index contributed by atoms with van der Waals surface area (Å²) in [6, 6.07) is 18.5. The number of hydrogen-bond acceptors (Lipinski definition) is 5. The van der Waals surface area contributed by atoms with Crippen LogP contribution in [-0.4, -0.2) is 16.7 Å². The van der Waals surface area contributed by atoms with Gasteiger partial charge >= 0.3 is 6.01 Å². The largest absolute Gasteiger partial charge is 0.408 e. The summed E-state index contributed by atoms with van der Waals surface area (Å²) in [6.07, 6.45) is 0.578. The Morgan fingerprint density at radius 2 is 1.71 bits per heavy atom. The lowest BCUT2D eigenvalue weighted by Crippen LogP contribution is -2.02. The standard InChI is InChI=1S/C16H16N4O/c17-11-10-15-19-20-16(21-15)18-14-9-5-4-8-13(14)12-6-2-1-3-7-12/h1-9H,10-11,17H2,(H,18,20). The average molecular weight is 280 g/mol. The predicted molar refractivity (Wildman–Crippen MR) is 82.2 cm³/mol. The van der Waals surface area contributed by atoms with Crippen LogP contribution >= 0.6 is 0 Å². The molecule has 0 aliphatic heterocycles. The third-order valence-corrected chi connectivity index (χ3v) is 3.08. The summed E-state index contributed by atoms with van der Waals surface area (Å²) in [5.74, 6) is 0.539. The number of hydrogen-bond donors (Lipinski definition) is 2. The zero-order valence-corrected chi connectivity index (χ0v) is 11.5. The molecule has 1 heterocycles. The van der Waals surface area contributed by atoms with Crippen LogP contribution in [0, 0.1) is 0 Å². The Balaban J connectivity index is 1.88. The van der Waals surface area contributed by atoms with E-state index in [2.05, 4.69) is 33.7 Å². The summed E-state index contributed by atoms with van der Waals surface area (Å²) in [5.41, 5.74) is 8.60. The Bertz CT molecular complexity index is 709. The number of nitrogens with zero attached hydrogens (tertiary/aromatic N) is 2. The van der Waals surface area contributed by atoms with Crippen LogP contribution < -0.4 is 11.1 Å². The van der Waals surface area contributed by atoms with E-state index in [0.29, 0.717) is 24.9 Å². The summed E-state index contributed by atoms with van der Waals surface area (Å²) in [7, 11) is 0. The molecule has 0 amide bonds. The van der Waals surface area contributed by atoms with E-state index in [0.717, 1.165) is 16.8 Å². The lowest BCUT2D eigenvalue weighted by atomic mass is 10.0. The van der Waals surface area contributed by atoms with E-state index < -0.39 is 0 Å². The van der Waals surface area contributed by atoms with Gasteiger partial charge in [0.05, 0.1) is 5.69 Å². The Morgan fingerprint density at radius 3 is 2.52 bits per heavy atom. The highest BCUT2D eigenvalue weighted by Gasteiger charge is 2.09. The normalized spacial score (nSPS) is 10.5. The molecule has 0 spiro atoms. The first-order valence-corrected chi connectivity index (χ1v) is 6.81. The molecule has 3 rings (SSSR count). The first-order chi connectivity index (χ1) is 10.4. The van der Waals surface area contributed by atoms with Crippen LogP contribution in [-0.2, 0) is 6.42 Å². The smallest absolute Gasteiger partial charge is 0.320 e. The van der Waals surface area contributed by atoms with Crippen molar-refractivity contribution in [1.29, 1.82) is 0 Å². The predicted octanol–water partition coefficient (Wildman–Crippen LogP) is 2.98. The Hall–Kier alpha value is -2.66. The summed E-state index contributed by atoms with van der Waals surface area (Å²) in [5, 5.41) is 11.1. The van der Waals surface area contributed by atoms with Crippen LogP contribution in [0.25, 0.3) is 11.1 Å². The summed E-state index contributed by atoms with van der Waals surface area (Å²) in [4.78, 5) is 0. The molecular formula is C16H16N4O. The van der Waals surface area contributed by atoms with Gasteiger partial charge in [-0.15, -0.1) is 5.10 Å². The van der Waals surface area contributed by atoms with E-state index in [9.17, 15) is 0 Å². The Labute approximate surface area is 122 Å². The van der Waals surface area contributed by atoms with Gasteiger partial charge in [-0.1, -0.05) is 53.6 Å². The third-order valence-electron chi connectivity index (χ3n) is 3.08. The summed E-state index contributed by atoms with van der Waals surface area (Å²) < 4.78 is 5.51. The van der Waals surface area contributed by atoms with Crippen LogP contribution in [0.4, 0.5) is 11.7 Å². The molecule has 0 radical (unpaired) electrons. The molecule has 1 aromatic heterocycles. The van der Waals surface area contributed by atoms with Gasteiger partial charge in [0.2, 0.25) is 5.89 Å². The molecule has 0 fully saturated rings. The number of nitrogens with one attached hydrogen (secondary N) is 1. The zero-order chi connectivity index (χ0) is 14.5. The average Bonchev–Trinajstić information content (AvgIpc) is 2.96. The molecule has 0 saturated carbocycles. The second-order valence-electron chi connectivity index (χ2n) is 4.58. The number of para-hydroxylation sites is 1. The topological polar surface area (TPSA) is 77.0 Å². The molecule has 2 aromatic carbocycles. The van der Waals surface area contributed by atoms with Gasteiger partial charge < -0.3 is 15.5 Å². The van der Waals surface area contributed by atoms with E-state index in [1.165, 1.54) is 0 Å². The molecule has 0 unspecified atom stereocenters. The van der Waals surface area contributed by atoms with E-state index in [1.807, 2.05) is 36.4 Å². The second-order valence-corrected chi connectivity index (χ2v) is 4.58. The van der Waals surface area contributed by atoms with Crippen molar-refractivity contribution in [2.75, 3.05) is 11.9 Å². The molecule has 0 bridgehead atoms. The fraction of sp³-hybridized carbons (Fsp3) is 0.125. The maximum Gasteiger partial charge on any atom is 0.320 e. The van der Waals surface area contributed by atoms with Crippen molar-refractivity contribution in [1.82, 2.24) is 10.2 Å². The maximum atomic E-state index is 5.51. The Morgan fingerprint density at radius 1 is 0.952 bits per heavy atom. The lowest BCUT2D eigenvalue weighted by Gasteiger charge is -2.09. The van der Waals surface area contributed by atoms with Crippen molar-refractivity contribution in [3.63, 3.8) is 0 Å².